The van der Waals surface area contributed by atoms with Crippen molar-refractivity contribution in [1.82, 2.24) is 14.9 Å². The zero-order chi connectivity index (χ0) is 18.2. The molecule has 0 radical (unpaired) electrons. The molecular formula is C16H25N3O5. The van der Waals surface area contributed by atoms with Crippen LogP contribution in [-0.2, 0) is 16.1 Å². The van der Waals surface area contributed by atoms with E-state index in [4.69, 9.17) is 9.90 Å². The van der Waals surface area contributed by atoms with Gasteiger partial charge in [-0.25, -0.2) is 9.97 Å². The van der Waals surface area contributed by atoms with Gasteiger partial charge >= 0.3 is 5.97 Å². The molecule has 0 spiro atoms. The van der Waals surface area contributed by atoms with Crippen molar-refractivity contribution in [3.8, 4) is 0 Å². The van der Waals surface area contributed by atoms with Crippen molar-refractivity contribution in [2.24, 2.45) is 5.41 Å². The average Bonchev–Trinajstić information content (AvgIpc) is 2.53. The summed E-state index contributed by atoms with van der Waals surface area (Å²) in [4.78, 5) is 30.5. The lowest BCUT2D eigenvalue weighted by Crippen LogP contribution is -2.55. The Morgan fingerprint density at radius 3 is 2.54 bits per heavy atom. The quantitative estimate of drug-likeness (QED) is 0.677. The minimum Gasteiger partial charge on any atom is -0.483 e. The molecule has 1 aromatic rings. The molecule has 1 aliphatic rings. The molecule has 0 aromatic carbocycles. The average molecular weight is 339 g/mol. The van der Waals surface area contributed by atoms with Gasteiger partial charge in [-0.15, -0.1) is 0 Å². The number of hydrogen-bond donors (Lipinski definition) is 3. The fourth-order valence-corrected chi connectivity index (χ4v) is 3.07. The van der Waals surface area contributed by atoms with Crippen molar-refractivity contribution in [3.05, 3.63) is 23.8 Å². The smallest absolute Gasteiger partial charge is 0.313 e. The molecule has 1 aromatic heterocycles. The number of likely N-dealkylation sites (tertiary alicyclic amines) is 1. The summed E-state index contributed by atoms with van der Waals surface area (Å²) in [6, 6.07) is 0. The van der Waals surface area contributed by atoms with Crippen LogP contribution in [0.25, 0.3) is 0 Å². The molecule has 8 nitrogen and oxygen atoms in total. The van der Waals surface area contributed by atoms with Gasteiger partial charge in [-0.2, -0.15) is 0 Å². The normalized spacial score (nSPS) is 23.9. The van der Waals surface area contributed by atoms with Crippen LogP contribution in [0.5, 0.6) is 0 Å². The highest BCUT2D eigenvalue weighted by molar-refractivity contribution is 5.76. The topological polar surface area (TPSA) is 124 Å². The van der Waals surface area contributed by atoms with Gasteiger partial charge in [0.1, 0.15) is 11.2 Å². The monoisotopic (exact) mass is 339 g/mol. The summed E-state index contributed by atoms with van der Waals surface area (Å²) in [5, 5.41) is 26.7. The van der Waals surface area contributed by atoms with E-state index in [9.17, 15) is 15.0 Å². The Kier molecular flexibility index (Phi) is 7.73. The van der Waals surface area contributed by atoms with Gasteiger partial charge in [-0.05, 0) is 19.8 Å². The van der Waals surface area contributed by atoms with Crippen molar-refractivity contribution < 1.29 is 24.9 Å². The Morgan fingerprint density at radius 2 is 2.04 bits per heavy atom. The second kappa shape index (κ2) is 9.29. The highest BCUT2D eigenvalue weighted by Crippen LogP contribution is 2.36. The lowest BCUT2D eigenvalue weighted by Gasteiger charge is -2.43. The summed E-state index contributed by atoms with van der Waals surface area (Å²) in [6.07, 6.45) is 4.49. The molecule has 0 unspecified atom stereocenters. The van der Waals surface area contributed by atoms with Crippen LogP contribution < -0.4 is 0 Å². The van der Waals surface area contributed by atoms with E-state index in [2.05, 4.69) is 14.9 Å². The number of nitrogens with zero attached hydrogens (tertiary/aromatic N) is 3. The van der Waals surface area contributed by atoms with Crippen LogP contribution in [0.1, 0.15) is 37.6 Å². The standard InChI is InChI=1S/C15H23N3O3.CH2O2/c1-3-5-15(14(20)21)10-18(6-4-13(15)19)9-12-7-16-11(2)17-8-12;2-1-3/h7-8,13,19H,3-6,9-10H2,1-2H3,(H,20,21);1H,(H,2,3)/t13-,15+;/m0./s1. The molecule has 2 rings (SSSR count). The molecule has 0 saturated carbocycles. The second-order valence-electron chi connectivity index (χ2n) is 5.97. The number of carboxylic acid groups (broad SMARTS) is 2. The third-order valence-electron chi connectivity index (χ3n) is 4.23. The van der Waals surface area contributed by atoms with Gasteiger partial charge in [-0.3, -0.25) is 14.5 Å². The number of carbonyl (C=O) groups is 2. The van der Waals surface area contributed by atoms with E-state index in [-0.39, 0.29) is 6.47 Å². The first-order chi connectivity index (χ1) is 11.4. The van der Waals surface area contributed by atoms with E-state index in [0.29, 0.717) is 32.5 Å². The maximum Gasteiger partial charge on any atom is 0.313 e. The van der Waals surface area contributed by atoms with Gasteiger partial charge in [0.2, 0.25) is 0 Å². The van der Waals surface area contributed by atoms with Crippen LogP contribution >= 0.6 is 0 Å². The Morgan fingerprint density at radius 1 is 1.46 bits per heavy atom. The number of carboxylic acids is 1. The summed E-state index contributed by atoms with van der Waals surface area (Å²) in [7, 11) is 0. The number of aryl methyl sites for hydroxylation is 1. The molecule has 2 heterocycles. The van der Waals surface area contributed by atoms with Crippen LogP contribution in [0, 0.1) is 12.3 Å². The van der Waals surface area contributed by atoms with Crippen molar-refractivity contribution in [3.63, 3.8) is 0 Å². The molecule has 1 aliphatic heterocycles. The molecule has 1 fully saturated rings. The Hall–Kier alpha value is -2.06. The van der Waals surface area contributed by atoms with E-state index >= 15 is 0 Å². The van der Waals surface area contributed by atoms with Crippen molar-refractivity contribution in [2.45, 2.75) is 45.8 Å². The first kappa shape index (κ1) is 20.0. The predicted octanol–water partition coefficient (Wildman–Crippen LogP) is 0.924. The Balaban J connectivity index is 0.000000891. The number of aliphatic hydroxyl groups excluding tert-OH is 1. The van der Waals surface area contributed by atoms with Crippen molar-refractivity contribution >= 4 is 12.4 Å². The number of aliphatic carboxylic acids is 1. The lowest BCUT2D eigenvalue weighted by molar-refractivity contribution is -0.164. The number of piperidine rings is 1. The van der Waals surface area contributed by atoms with Crippen LogP contribution in [-0.4, -0.2) is 61.8 Å². The fourth-order valence-electron chi connectivity index (χ4n) is 3.07. The summed E-state index contributed by atoms with van der Waals surface area (Å²) in [6.45, 7) is 5.20. The van der Waals surface area contributed by atoms with E-state index in [0.717, 1.165) is 17.8 Å². The minimum absolute atomic E-state index is 0.250. The van der Waals surface area contributed by atoms with E-state index in [1.807, 2.05) is 13.8 Å². The van der Waals surface area contributed by atoms with E-state index in [1.165, 1.54) is 0 Å². The summed E-state index contributed by atoms with van der Waals surface area (Å²) >= 11 is 0. The summed E-state index contributed by atoms with van der Waals surface area (Å²) in [5.41, 5.74) is -0.0915. The van der Waals surface area contributed by atoms with Gasteiger partial charge in [0.15, 0.2) is 0 Å². The molecule has 0 bridgehead atoms. The molecule has 24 heavy (non-hydrogen) atoms. The van der Waals surface area contributed by atoms with Crippen LogP contribution in [0.2, 0.25) is 0 Å². The third-order valence-corrected chi connectivity index (χ3v) is 4.23. The number of aliphatic hydroxyl groups is 1. The number of rotatable bonds is 5. The van der Waals surface area contributed by atoms with Crippen LogP contribution in [0.4, 0.5) is 0 Å². The lowest BCUT2D eigenvalue weighted by atomic mass is 9.74. The molecule has 2 atom stereocenters. The third kappa shape index (κ3) is 4.97. The fraction of sp³-hybridized carbons (Fsp3) is 0.625. The van der Waals surface area contributed by atoms with Crippen LogP contribution in [0.3, 0.4) is 0 Å². The number of aromatic nitrogens is 2. The molecule has 134 valence electrons. The maximum absolute atomic E-state index is 11.7. The Bertz CT molecular complexity index is 537. The SMILES string of the molecule is CCC[C@@]1(C(=O)O)CN(Cc2cnc(C)nc2)CC[C@@H]1O.O=CO. The highest BCUT2D eigenvalue weighted by atomic mass is 16.4. The maximum atomic E-state index is 11.7. The molecular weight excluding hydrogens is 314 g/mol. The first-order valence-corrected chi connectivity index (χ1v) is 7.88. The van der Waals surface area contributed by atoms with Gasteiger partial charge in [0.25, 0.3) is 6.47 Å². The molecule has 0 aliphatic carbocycles. The Labute approximate surface area is 141 Å². The first-order valence-electron chi connectivity index (χ1n) is 7.88. The molecule has 1 saturated heterocycles. The molecule has 3 N–H and O–H groups in total. The summed E-state index contributed by atoms with van der Waals surface area (Å²) in [5.74, 6) is -0.180. The number of hydrogen-bond acceptors (Lipinski definition) is 6. The van der Waals surface area contributed by atoms with Gasteiger partial charge < -0.3 is 15.3 Å². The highest BCUT2D eigenvalue weighted by Gasteiger charge is 2.48. The van der Waals surface area contributed by atoms with Crippen molar-refractivity contribution in [2.75, 3.05) is 13.1 Å². The van der Waals surface area contributed by atoms with Gasteiger partial charge in [0, 0.05) is 37.6 Å². The van der Waals surface area contributed by atoms with E-state index in [1.54, 1.807) is 12.4 Å². The van der Waals surface area contributed by atoms with Gasteiger partial charge in [-0.1, -0.05) is 13.3 Å². The summed E-state index contributed by atoms with van der Waals surface area (Å²) < 4.78 is 0. The zero-order valence-electron chi connectivity index (χ0n) is 14.1. The minimum atomic E-state index is -1.06. The zero-order valence-corrected chi connectivity index (χ0v) is 14.1. The largest absolute Gasteiger partial charge is 0.483 e. The van der Waals surface area contributed by atoms with Crippen molar-refractivity contribution in [1.29, 1.82) is 0 Å². The molecule has 8 heteroatoms. The van der Waals surface area contributed by atoms with E-state index < -0.39 is 17.5 Å². The van der Waals surface area contributed by atoms with Crippen LogP contribution in [0.15, 0.2) is 12.4 Å². The van der Waals surface area contributed by atoms with Gasteiger partial charge in [0.05, 0.1) is 6.10 Å². The molecule has 0 amide bonds. The predicted molar refractivity (Wildman–Crippen MR) is 86.3 cm³/mol. The second-order valence-corrected chi connectivity index (χ2v) is 5.97.